The first-order chi connectivity index (χ1) is 9.08. The van der Waals surface area contributed by atoms with Gasteiger partial charge in [0.2, 0.25) is 0 Å². The van der Waals surface area contributed by atoms with Gasteiger partial charge in [-0.2, -0.15) is 0 Å². The molecule has 0 fully saturated rings. The minimum atomic E-state index is -0.353. The predicted molar refractivity (Wildman–Crippen MR) is 78.6 cm³/mol. The summed E-state index contributed by atoms with van der Waals surface area (Å²) in [7, 11) is 0. The average molecular weight is 275 g/mol. The Kier molecular flexibility index (Phi) is 4.06. The van der Waals surface area contributed by atoms with Crippen molar-refractivity contribution in [1.82, 2.24) is 4.98 Å². The van der Waals surface area contributed by atoms with Crippen LogP contribution in [0.1, 0.15) is 16.7 Å². The fourth-order valence-electron chi connectivity index (χ4n) is 1.77. The third-order valence-electron chi connectivity index (χ3n) is 2.85. The Balaban J connectivity index is 2.20. The van der Waals surface area contributed by atoms with Gasteiger partial charge in [-0.05, 0) is 42.3 Å². The van der Waals surface area contributed by atoms with Crippen molar-refractivity contribution in [1.29, 1.82) is 0 Å². The number of thiocarbonyl (C=S) groups is 1. The van der Waals surface area contributed by atoms with Crippen molar-refractivity contribution < 1.29 is 4.39 Å². The second-order valence-corrected chi connectivity index (χ2v) is 4.65. The smallest absolute Gasteiger partial charge is 0.124 e. The molecule has 5 heteroatoms. The van der Waals surface area contributed by atoms with Crippen molar-refractivity contribution in [3.63, 3.8) is 0 Å². The molecule has 1 heterocycles. The molecule has 0 amide bonds. The number of hydrogen-bond acceptors (Lipinski definition) is 3. The van der Waals surface area contributed by atoms with Crippen LogP contribution in [0.5, 0.6) is 0 Å². The van der Waals surface area contributed by atoms with Gasteiger partial charge in [-0.25, -0.2) is 4.39 Å². The molecule has 2 aromatic rings. The van der Waals surface area contributed by atoms with Crippen LogP contribution in [0.3, 0.4) is 0 Å². The molecule has 0 spiro atoms. The molecule has 3 nitrogen and oxygen atoms in total. The zero-order valence-corrected chi connectivity index (χ0v) is 11.3. The number of halogens is 1. The van der Waals surface area contributed by atoms with Gasteiger partial charge >= 0.3 is 0 Å². The van der Waals surface area contributed by atoms with Gasteiger partial charge in [-0.3, -0.25) is 4.98 Å². The lowest BCUT2D eigenvalue weighted by atomic mass is 10.1. The maximum Gasteiger partial charge on any atom is 0.124 e. The van der Waals surface area contributed by atoms with E-state index in [1.54, 1.807) is 18.5 Å². The number of nitrogens with zero attached hydrogens (tertiary/aromatic N) is 1. The molecular weight excluding hydrogens is 261 g/mol. The molecule has 0 unspecified atom stereocenters. The topological polar surface area (TPSA) is 50.9 Å². The zero-order chi connectivity index (χ0) is 13.8. The molecule has 1 aromatic carbocycles. The van der Waals surface area contributed by atoms with E-state index in [0.717, 1.165) is 16.8 Å². The maximum absolute atomic E-state index is 13.2. The van der Waals surface area contributed by atoms with Gasteiger partial charge in [0, 0.05) is 30.2 Å². The number of anilines is 1. The molecular formula is C14H14FN3S. The maximum atomic E-state index is 13.2. The molecule has 0 atom stereocenters. The summed E-state index contributed by atoms with van der Waals surface area (Å²) in [4.78, 5) is 4.21. The van der Waals surface area contributed by atoms with Crippen LogP contribution in [0.4, 0.5) is 10.1 Å². The number of nitrogens with one attached hydrogen (secondary N) is 1. The molecule has 3 N–H and O–H groups in total. The first-order valence-corrected chi connectivity index (χ1v) is 6.21. The van der Waals surface area contributed by atoms with Crippen molar-refractivity contribution in [3.05, 3.63) is 59.2 Å². The summed E-state index contributed by atoms with van der Waals surface area (Å²) in [5.74, 6) is -0.353. The van der Waals surface area contributed by atoms with E-state index >= 15 is 0 Å². The van der Waals surface area contributed by atoms with Gasteiger partial charge in [-0.15, -0.1) is 0 Å². The van der Waals surface area contributed by atoms with E-state index in [2.05, 4.69) is 10.3 Å². The summed E-state index contributed by atoms with van der Waals surface area (Å²) in [5, 5.41) is 3.22. The highest BCUT2D eigenvalue weighted by Crippen LogP contribution is 2.18. The minimum absolute atomic E-state index is 0.174. The molecule has 2 rings (SSSR count). The van der Waals surface area contributed by atoms with Crippen LogP contribution in [-0.2, 0) is 6.54 Å². The van der Waals surface area contributed by atoms with E-state index in [9.17, 15) is 4.39 Å². The first-order valence-electron chi connectivity index (χ1n) is 5.80. The van der Waals surface area contributed by atoms with Crippen molar-refractivity contribution >= 4 is 22.9 Å². The molecule has 0 bridgehead atoms. The van der Waals surface area contributed by atoms with Crippen LogP contribution >= 0.6 is 12.2 Å². The number of rotatable bonds is 4. The lowest BCUT2D eigenvalue weighted by Crippen LogP contribution is -2.14. The quantitative estimate of drug-likeness (QED) is 0.842. The molecule has 0 aliphatic carbocycles. The fourth-order valence-corrected chi connectivity index (χ4v) is 1.93. The summed E-state index contributed by atoms with van der Waals surface area (Å²) in [6.45, 7) is 2.60. The molecule has 0 aliphatic heterocycles. The van der Waals surface area contributed by atoms with Crippen LogP contribution in [0.2, 0.25) is 0 Å². The molecule has 0 saturated heterocycles. The third-order valence-corrected chi connectivity index (χ3v) is 3.07. The van der Waals surface area contributed by atoms with Gasteiger partial charge in [0.1, 0.15) is 10.8 Å². The summed E-state index contributed by atoms with van der Waals surface area (Å²) in [5.41, 5.74) is 9.05. The van der Waals surface area contributed by atoms with Crippen LogP contribution in [-0.4, -0.2) is 9.97 Å². The highest BCUT2D eigenvalue weighted by atomic mass is 32.1. The summed E-state index contributed by atoms with van der Waals surface area (Å²) in [6.07, 6.45) is 3.54. The Bertz CT molecular complexity index is 613. The lowest BCUT2D eigenvalue weighted by molar-refractivity contribution is 0.627. The number of pyridine rings is 1. The number of nitrogens with two attached hydrogens (primary N) is 1. The minimum Gasteiger partial charge on any atom is -0.389 e. The zero-order valence-electron chi connectivity index (χ0n) is 10.5. The van der Waals surface area contributed by atoms with E-state index in [-0.39, 0.29) is 10.8 Å². The van der Waals surface area contributed by atoms with E-state index in [1.165, 1.54) is 12.1 Å². The molecule has 0 radical (unpaired) electrons. The van der Waals surface area contributed by atoms with Gasteiger partial charge in [-0.1, -0.05) is 12.2 Å². The van der Waals surface area contributed by atoms with Crippen LogP contribution in [0.25, 0.3) is 0 Å². The van der Waals surface area contributed by atoms with E-state index in [0.29, 0.717) is 12.1 Å². The largest absolute Gasteiger partial charge is 0.389 e. The first kappa shape index (κ1) is 13.4. The highest BCUT2D eigenvalue weighted by Gasteiger charge is 2.07. The number of aromatic nitrogens is 1. The Hall–Kier alpha value is -2.01. The van der Waals surface area contributed by atoms with Gasteiger partial charge in [0.25, 0.3) is 0 Å². The molecule has 1 aromatic heterocycles. The second kappa shape index (κ2) is 5.75. The summed E-state index contributed by atoms with van der Waals surface area (Å²) >= 11 is 4.93. The normalized spacial score (nSPS) is 10.2. The number of aryl methyl sites for hydroxylation is 1. The van der Waals surface area contributed by atoms with E-state index in [1.807, 2.05) is 13.0 Å². The number of benzene rings is 1. The Morgan fingerprint density at radius 1 is 1.42 bits per heavy atom. The molecule has 0 saturated carbocycles. The summed E-state index contributed by atoms with van der Waals surface area (Å²) < 4.78 is 13.2. The van der Waals surface area contributed by atoms with E-state index < -0.39 is 0 Å². The standard InChI is InChI=1S/C14H14FN3S/c1-9-7-17-5-4-10(9)8-18-13-3-2-11(15)6-12(13)14(16)19/h2-7,18H,8H2,1H3,(H2,16,19). The Labute approximate surface area is 116 Å². The molecule has 98 valence electrons. The van der Waals surface area contributed by atoms with Crippen molar-refractivity contribution in [2.24, 2.45) is 5.73 Å². The van der Waals surface area contributed by atoms with Gasteiger partial charge < -0.3 is 11.1 Å². The van der Waals surface area contributed by atoms with Crippen LogP contribution in [0, 0.1) is 12.7 Å². The Morgan fingerprint density at radius 2 is 2.21 bits per heavy atom. The molecule has 19 heavy (non-hydrogen) atoms. The van der Waals surface area contributed by atoms with Crippen molar-refractivity contribution in [2.45, 2.75) is 13.5 Å². The predicted octanol–water partition coefficient (Wildman–Crippen LogP) is 2.78. The third kappa shape index (κ3) is 3.26. The van der Waals surface area contributed by atoms with Crippen LogP contribution in [0.15, 0.2) is 36.7 Å². The van der Waals surface area contributed by atoms with Gasteiger partial charge in [0.15, 0.2) is 0 Å². The second-order valence-electron chi connectivity index (χ2n) is 4.21. The lowest BCUT2D eigenvalue weighted by Gasteiger charge is -2.12. The fraction of sp³-hybridized carbons (Fsp3) is 0.143. The van der Waals surface area contributed by atoms with Crippen molar-refractivity contribution in [3.8, 4) is 0 Å². The van der Waals surface area contributed by atoms with E-state index in [4.69, 9.17) is 18.0 Å². The van der Waals surface area contributed by atoms with Crippen molar-refractivity contribution in [2.75, 3.05) is 5.32 Å². The summed E-state index contributed by atoms with van der Waals surface area (Å²) in [6, 6.07) is 6.29. The van der Waals surface area contributed by atoms with Crippen LogP contribution < -0.4 is 11.1 Å². The average Bonchev–Trinajstić information content (AvgIpc) is 2.38. The Morgan fingerprint density at radius 3 is 2.89 bits per heavy atom. The SMILES string of the molecule is Cc1cnccc1CNc1ccc(F)cc1C(N)=S. The monoisotopic (exact) mass is 275 g/mol. The highest BCUT2D eigenvalue weighted by molar-refractivity contribution is 7.80. The molecule has 0 aliphatic rings. The number of hydrogen-bond donors (Lipinski definition) is 2. The van der Waals surface area contributed by atoms with Gasteiger partial charge in [0.05, 0.1) is 0 Å².